The molecule has 1 aromatic heterocycles. The molecule has 0 fully saturated rings. The molecular weight excluding hydrogens is 243 g/mol. The first-order chi connectivity index (χ1) is 7.65. The van der Waals surface area contributed by atoms with Gasteiger partial charge in [0.2, 0.25) is 0 Å². The van der Waals surface area contributed by atoms with Crippen LogP contribution in [0.25, 0.3) is 0 Å². The van der Waals surface area contributed by atoms with Crippen molar-refractivity contribution in [3.63, 3.8) is 0 Å². The minimum Gasteiger partial charge on any atom is -0.375 e. The standard InChI is InChI=1S/C11H11FN2S2/c1-7-10(16-11(13)14-7)15-6-8-3-2-4-9(12)5-8/h2-5H,6H2,1H3,(H2,13,14). The molecule has 5 heteroatoms. The Morgan fingerprint density at radius 1 is 1.50 bits per heavy atom. The van der Waals surface area contributed by atoms with Crippen LogP contribution in [0.4, 0.5) is 9.52 Å². The van der Waals surface area contributed by atoms with Gasteiger partial charge in [0.15, 0.2) is 5.13 Å². The molecule has 0 amide bonds. The molecule has 0 aliphatic heterocycles. The maximum atomic E-state index is 12.9. The number of nitrogens with zero attached hydrogens (tertiary/aromatic N) is 1. The van der Waals surface area contributed by atoms with E-state index in [0.717, 1.165) is 21.2 Å². The van der Waals surface area contributed by atoms with Gasteiger partial charge in [0.1, 0.15) is 5.82 Å². The lowest BCUT2D eigenvalue weighted by Crippen LogP contribution is -1.82. The van der Waals surface area contributed by atoms with E-state index in [1.165, 1.54) is 17.4 Å². The SMILES string of the molecule is Cc1nc(N)sc1SCc1cccc(F)c1. The maximum absolute atomic E-state index is 12.9. The summed E-state index contributed by atoms with van der Waals surface area (Å²) < 4.78 is 14.0. The summed E-state index contributed by atoms with van der Waals surface area (Å²) in [5.41, 5.74) is 7.52. The Labute approximate surface area is 102 Å². The Bertz CT molecular complexity index is 496. The highest BCUT2D eigenvalue weighted by Crippen LogP contribution is 2.32. The minimum atomic E-state index is -0.196. The molecular formula is C11H11FN2S2. The summed E-state index contributed by atoms with van der Waals surface area (Å²) in [7, 11) is 0. The van der Waals surface area contributed by atoms with Crippen molar-refractivity contribution in [1.29, 1.82) is 0 Å². The van der Waals surface area contributed by atoms with Gasteiger partial charge >= 0.3 is 0 Å². The number of aryl methyl sites for hydroxylation is 1. The molecule has 84 valence electrons. The first kappa shape index (κ1) is 11.4. The van der Waals surface area contributed by atoms with Crippen molar-refractivity contribution < 1.29 is 4.39 Å². The van der Waals surface area contributed by atoms with E-state index < -0.39 is 0 Å². The van der Waals surface area contributed by atoms with Gasteiger partial charge in [0, 0.05) is 5.75 Å². The van der Waals surface area contributed by atoms with Gasteiger partial charge < -0.3 is 5.73 Å². The van der Waals surface area contributed by atoms with Gasteiger partial charge in [0.05, 0.1) is 9.90 Å². The molecule has 0 saturated heterocycles. The third-order valence-electron chi connectivity index (χ3n) is 2.03. The zero-order valence-corrected chi connectivity index (χ0v) is 10.4. The monoisotopic (exact) mass is 254 g/mol. The molecule has 0 saturated carbocycles. The van der Waals surface area contributed by atoms with Crippen LogP contribution in [-0.2, 0) is 5.75 Å². The molecule has 0 atom stereocenters. The van der Waals surface area contributed by atoms with Crippen LogP contribution in [0.15, 0.2) is 28.5 Å². The van der Waals surface area contributed by atoms with E-state index in [0.29, 0.717) is 5.13 Å². The fourth-order valence-electron chi connectivity index (χ4n) is 1.31. The van der Waals surface area contributed by atoms with Crippen LogP contribution in [-0.4, -0.2) is 4.98 Å². The van der Waals surface area contributed by atoms with E-state index in [4.69, 9.17) is 5.73 Å². The average Bonchev–Trinajstić information content (AvgIpc) is 2.54. The lowest BCUT2D eigenvalue weighted by atomic mass is 10.2. The number of halogens is 1. The minimum absolute atomic E-state index is 0.196. The molecule has 2 nitrogen and oxygen atoms in total. The van der Waals surface area contributed by atoms with Gasteiger partial charge in [-0.25, -0.2) is 9.37 Å². The normalized spacial score (nSPS) is 10.6. The van der Waals surface area contributed by atoms with Crippen molar-refractivity contribution in [1.82, 2.24) is 4.98 Å². The Kier molecular flexibility index (Phi) is 3.46. The van der Waals surface area contributed by atoms with Crippen molar-refractivity contribution in [3.8, 4) is 0 Å². The summed E-state index contributed by atoms with van der Waals surface area (Å²) in [5, 5.41) is 0.583. The Morgan fingerprint density at radius 3 is 2.94 bits per heavy atom. The van der Waals surface area contributed by atoms with E-state index in [-0.39, 0.29) is 5.82 Å². The number of rotatable bonds is 3. The van der Waals surface area contributed by atoms with Gasteiger partial charge in [-0.3, -0.25) is 0 Å². The largest absolute Gasteiger partial charge is 0.375 e. The number of hydrogen-bond donors (Lipinski definition) is 1. The van der Waals surface area contributed by atoms with Crippen molar-refractivity contribution in [3.05, 3.63) is 41.3 Å². The number of benzene rings is 1. The number of hydrogen-bond acceptors (Lipinski definition) is 4. The molecule has 1 heterocycles. The van der Waals surface area contributed by atoms with E-state index in [9.17, 15) is 4.39 Å². The number of thiazole rings is 1. The van der Waals surface area contributed by atoms with Crippen LogP contribution in [0.5, 0.6) is 0 Å². The molecule has 2 N–H and O–H groups in total. The maximum Gasteiger partial charge on any atom is 0.181 e. The lowest BCUT2D eigenvalue weighted by Gasteiger charge is -2.00. The van der Waals surface area contributed by atoms with Gasteiger partial charge in [0.25, 0.3) is 0 Å². The Morgan fingerprint density at radius 2 is 2.31 bits per heavy atom. The van der Waals surface area contributed by atoms with Crippen LogP contribution in [0.1, 0.15) is 11.3 Å². The smallest absolute Gasteiger partial charge is 0.181 e. The first-order valence-electron chi connectivity index (χ1n) is 4.75. The fourth-order valence-corrected chi connectivity index (χ4v) is 3.28. The van der Waals surface area contributed by atoms with Gasteiger partial charge in [-0.15, -0.1) is 11.8 Å². The molecule has 0 aliphatic rings. The average molecular weight is 254 g/mol. The second kappa shape index (κ2) is 4.84. The second-order valence-corrected chi connectivity index (χ2v) is 5.62. The number of thioether (sulfide) groups is 1. The highest BCUT2D eigenvalue weighted by atomic mass is 32.2. The third-order valence-corrected chi connectivity index (χ3v) is 4.45. The number of nitrogen functional groups attached to an aromatic ring is 1. The summed E-state index contributed by atoms with van der Waals surface area (Å²) in [6, 6.07) is 6.63. The predicted molar refractivity (Wildman–Crippen MR) is 67.2 cm³/mol. The summed E-state index contributed by atoms with van der Waals surface area (Å²) in [6.07, 6.45) is 0. The van der Waals surface area contributed by atoms with Crippen LogP contribution in [0, 0.1) is 12.7 Å². The molecule has 2 aromatic rings. The molecule has 16 heavy (non-hydrogen) atoms. The second-order valence-electron chi connectivity index (χ2n) is 3.34. The van der Waals surface area contributed by atoms with Crippen LogP contribution in [0.3, 0.4) is 0 Å². The molecule has 0 aliphatic carbocycles. The van der Waals surface area contributed by atoms with Gasteiger partial charge in [-0.1, -0.05) is 23.5 Å². The van der Waals surface area contributed by atoms with Crippen molar-refractivity contribution >= 4 is 28.2 Å². The highest BCUT2D eigenvalue weighted by molar-refractivity contribution is 8.00. The van der Waals surface area contributed by atoms with Crippen molar-refractivity contribution in [2.24, 2.45) is 0 Å². The van der Waals surface area contributed by atoms with Crippen LogP contribution >= 0.6 is 23.1 Å². The fraction of sp³-hybridized carbons (Fsp3) is 0.182. The third kappa shape index (κ3) is 2.74. The zero-order valence-electron chi connectivity index (χ0n) is 8.74. The number of anilines is 1. The number of aromatic nitrogens is 1. The molecule has 0 bridgehead atoms. The van der Waals surface area contributed by atoms with E-state index in [1.807, 2.05) is 13.0 Å². The Balaban J connectivity index is 2.05. The number of nitrogens with two attached hydrogens (primary N) is 1. The van der Waals surface area contributed by atoms with Gasteiger partial charge in [-0.2, -0.15) is 0 Å². The lowest BCUT2D eigenvalue weighted by molar-refractivity contribution is 0.626. The van der Waals surface area contributed by atoms with E-state index in [2.05, 4.69) is 4.98 Å². The molecule has 0 unspecified atom stereocenters. The summed E-state index contributed by atoms with van der Waals surface area (Å²) in [4.78, 5) is 4.14. The molecule has 0 radical (unpaired) electrons. The summed E-state index contributed by atoms with van der Waals surface area (Å²) in [6.45, 7) is 1.93. The molecule has 2 rings (SSSR count). The molecule has 1 aromatic carbocycles. The summed E-state index contributed by atoms with van der Waals surface area (Å²) in [5.74, 6) is 0.541. The van der Waals surface area contributed by atoms with Crippen molar-refractivity contribution in [2.75, 3.05) is 5.73 Å². The molecule has 0 spiro atoms. The summed E-state index contributed by atoms with van der Waals surface area (Å²) >= 11 is 3.11. The van der Waals surface area contributed by atoms with E-state index >= 15 is 0 Å². The van der Waals surface area contributed by atoms with Gasteiger partial charge in [-0.05, 0) is 24.6 Å². The van der Waals surface area contributed by atoms with Crippen LogP contribution < -0.4 is 5.73 Å². The topological polar surface area (TPSA) is 38.9 Å². The van der Waals surface area contributed by atoms with E-state index in [1.54, 1.807) is 23.9 Å². The van der Waals surface area contributed by atoms with Crippen molar-refractivity contribution in [2.45, 2.75) is 16.9 Å². The highest BCUT2D eigenvalue weighted by Gasteiger charge is 2.06. The Hall–Kier alpha value is -1.07. The quantitative estimate of drug-likeness (QED) is 0.852. The first-order valence-corrected chi connectivity index (χ1v) is 6.55. The predicted octanol–water partition coefficient (Wildman–Crippen LogP) is 3.47. The van der Waals surface area contributed by atoms with Crippen LogP contribution in [0.2, 0.25) is 0 Å². The zero-order chi connectivity index (χ0) is 11.5.